The van der Waals surface area contributed by atoms with Gasteiger partial charge in [-0.2, -0.15) is 5.10 Å². The van der Waals surface area contributed by atoms with Gasteiger partial charge >= 0.3 is 0 Å². The molecule has 2 rings (SSSR count). The smallest absolute Gasteiger partial charge is 0.0762 e. The topological polar surface area (TPSA) is 29.9 Å². The fourth-order valence-electron chi connectivity index (χ4n) is 2.17. The van der Waals surface area contributed by atoms with E-state index in [1.54, 1.807) is 0 Å². The Morgan fingerprint density at radius 2 is 1.89 bits per heavy atom. The van der Waals surface area contributed by atoms with Gasteiger partial charge in [-0.05, 0) is 31.9 Å². The summed E-state index contributed by atoms with van der Waals surface area (Å²) in [5, 5.41) is 8.14. The molecule has 0 saturated heterocycles. The van der Waals surface area contributed by atoms with Crippen LogP contribution in [0.1, 0.15) is 50.5 Å². The Kier molecular flexibility index (Phi) is 4.74. The molecule has 3 nitrogen and oxygen atoms in total. The highest BCUT2D eigenvalue weighted by molar-refractivity contribution is 5.18. The molecule has 2 aromatic rings. The SMILES string of the molecule is CCC(NCc1ccn(C(C)C)n1)c1ccccc1. The van der Waals surface area contributed by atoms with Crippen molar-refractivity contribution in [2.45, 2.75) is 45.8 Å². The van der Waals surface area contributed by atoms with E-state index in [0.29, 0.717) is 12.1 Å². The van der Waals surface area contributed by atoms with Crippen molar-refractivity contribution < 1.29 is 0 Å². The van der Waals surface area contributed by atoms with Crippen LogP contribution in [0.25, 0.3) is 0 Å². The summed E-state index contributed by atoms with van der Waals surface area (Å²) < 4.78 is 2.00. The minimum atomic E-state index is 0.394. The molecule has 0 spiro atoms. The molecule has 1 N–H and O–H groups in total. The second-order valence-corrected chi connectivity index (χ2v) is 5.13. The molecule has 0 aliphatic rings. The summed E-state index contributed by atoms with van der Waals surface area (Å²) in [5.41, 5.74) is 2.44. The Balaban J connectivity index is 1.96. The van der Waals surface area contributed by atoms with Crippen molar-refractivity contribution in [2.75, 3.05) is 0 Å². The monoisotopic (exact) mass is 257 g/mol. The van der Waals surface area contributed by atoms with Gasteiger partial charge in [-0.25, -0.2) is 0 Å². The first-order chi connectivity index (χ1) is 9.20. The van der Waals surface area contributed by atoms with Gasteiger partial charge in [0.25, 0.3) is 0 Å². The lowest BCUT2D eigenvalue weighted by molar-refractivity contribution is 0.493. The van der Waals surface area contributed by atoms with Crippen LogP contribution in [-0.4, -0.2) is 9.78 Å². The standard InChI is InChI=1S/C16H23N3/c1-4-16(14-8-6-5-7-9-14)17-12-15-10-11-19(18-15)13(2)3/h5-11,13,16-17H,4,12H2,1-3H3. The molecule has 0 aliphatic carbocycles. The Morgan fingerprint density at radius 3 is 2.47 bits per heavy atom. The van der Waals surface area contributed by atoms with Crippen LogP contribution in [0.5, 0.6) is 0 Å². The van der Waals surface area contributed by atoms with E-state index in [2.05, 4.69) is 67.6 Å². The quantitative estimate of drug-likeness (QED) is 0.855. The minimum absolute atomic E-state index is 0.394. The molecular weight excluding hydrogens is 234 g/mol. The second-order valence-electron chi connectivity index (χ2n) is 5.13. The van der Waals surface area contributed by atoms with Crippen LogP contribution in [0.3, 0.4) is 0 Å². The minimum Gasteiger partial charge on any atom is -0.304 e. The number of benzene rings is 1. The largest absolute Gasteiger partial charge is 0.304 e. The van der Waals surface area contributed by atoms with E-state index in [9.17, 15) is 0 Å². The third-order valence-electron chi connectivity index (χ3n) is 3.33. The first-order valence-electron chi connectivity index (χ1n) is 7.03. The normalized spacial score (nSPS) is 12.8. The molecule has 0 aliphatic heterocycles. The molecule has 19 heavy (non-hydrogen) atoms. The fourth-order valence-corrected chi connectivity index (χ4v) is 2.17. The van der Waals surface area contributed by atoms with Crippen molar-refractivity contribution in [1.82, 2.24) is 15.1 Å². The molecule has 0 radical (unpaired) electrons. The Labute approximate surface area is 115 Å². The van der Waals surface area contributed by atoms with Crippen molar-refractivity contribution >= 4 is 0 Å². The van der Waals surface area contributed by atoms with E-state index in [1.165, 1.54) is 5.56 Å². The van der Waals surface area contributed by atoms with Crippen LogP contribution < -0.4 is 5.32 Å². The highest BCUT2D eigenvalue weighted by Crippen LogP contribution is 2.16. The predicted octanol–water partition coefficient (Wildman–Crippen LogP) is 3.70. The molecule has 0 amide bonds. The average molecular weight is 257 g/mol. The van der Waals surface area contributed by atoms with Gasteiger partial charge in [0.05, 0.1) is 5.69 Å². The zero-order valence-corrected chi connectivity index (χ0v) is 12.0. The van der Waals surface area contributed by atoms with Crippen molar-refractivity contribution in [2.24, 2.45) is 0 Å². The van der Waals surface area contributed by atoms with Gasteiger partial charge in [-0.15, -0.1) is 0 Å². The maximum atomic E-state index is 4.56. The van der Waals surface area contributed by atoms with E-state index >= 15 is 0 Å². The molecule has 0 bridgehead atoms. The number of nitrogens with one attached hydrogen (secondary N) is 1. The predicted molar refractivity (Wildman–Crippen MR) is 78.9 cm³/mol. The lowest BCUT2D eigenvalue weighted by Gasteiger charge is -2.16. The molecular formula is C16H23N3. The van der Waals surface area contributed by atoms with Crippen molar-refractivity contribution in [1.29, 1.82) is 0 Å². The number of aromatic nitrogens is 2. The maximum absolute atomic E-state index is 4.56. The van der Waals surface area contributed by atoms with E-state index in [-0.39, 0.29) is 0 Å². The summed E-state index contributed by atoms with van der Waals surface area (Å²) in [7, 11) is 0. The molecule has 1 aromatic carbocycles. The van der Waals surface area contributed by atoms with Crippen LogP contribution in [0.4, 0.5) is 0 Å². The Morgan fingerprint density at radius 1 is 1.16 bits per heavy atom. The van der Waals surface area contributed by atoms with Gasteiger partial charge in [0, 0.05) is 24.8 Å². The molecule has 0 fully saturated rings. The third-order valence-corrected chi connectivity index (χ3v) is 3.33. The van der Waals surface area contributed by atoms with E-state index in [1.807, 2.05) is 10.9 Å². The Bertz CT molecular complexity index is 488. The molecule has 3 heteroatoms. The highest BCUT2D eigenvalue weighted by atomic mass is 15.3. The zero-order chi connectivity index (χ0) is 13.7. The van der Waals surface area contributed by atoms with Gasteiger partial charge in [0.2, 0.25) is 0 Å². The lowest BCUT2D eigenvalue weighted by atomic mass is 10.0. The first-order valence-corrected chi connectivity index (χ1v) is 7.03. The van der Waals surface area contributed by atoms with Crippen LogP contribution in [0, 0.1) is 0 Å². The number of rotatable bonds is 6. The molecule has 1 aromatic heterocycles. The van der Waals surface area contributed by atoms with Crippen molar-refractivity contribution in [3.63, 3.8) is 0 Å². The average Bonchev–Trinajstić information content (AvgIpc) is 2.90. The molecule has 1 atom stereocenters. The summed E-state index contributed by atoms with van der Waals surface area (Å²) in [4.78, 5) is 0. The van der Waals surface area contributed by atoms with Gasteiger partial charge in [0.1, 0.15) is 0 Å². The van der Waals surface area contributed by atoms with Crippen molar-refractivity contribution in [3.05, 3.63) is 53.9 Å². The van der Waals surface area contributed by atoms with Crippen LogP contribution >= 0.6 is 0 Å². The van der Waals surface area contributed by atoms with Crippen LogP contribution in [0.15, 0.2) is 42.6 Å². The summed E-state index contributed by atoms with van der Waals surface area (Å²) >= 11 is 0. The van der Waals surface area contributed by atoms with E-state index < -0.39 is 0 Å². The highest BCUT2D eigenvalue weighted by Gasteiger charge is 2.09. The second kappa shape index (κ2) is 6.53. The van der Waals surface area contributed by atoms with Gasteiger partial charge in [0.15, 0.2) is 0 Å². The fraction of sp³-hybridized carbons (Fsp3) is 0.438. The summed E-state index contributed by atoms with van der Waals surface area (Å²) in [5.74, 6) is 0. The summed E-state index contributed by atoms with van der Waals surface area (Å²) in [6.07, 6.45) is 3.13. The Hall–Kier alpha value is -1.61. The van der Waals surface area contributed by atoms with Gasteiger partial charge in [-0.3, -0.25) is 4.68 Å². The summed E-state index contributed by atoms with van der Waals surface area (Å²) in [6, 6.07) is 13.5. The number of hydrogen-bond acceptors (Lipinski definition) is 2. The molecule has 1 unspecified atom stereocenters. The zero-order valence-electron chi connectivity index (χ0n) is 12.0. The first kappa shape index (κ1) is 13.8. The number of nitrogens with zero attached hydrogens (tertiary/aromatic N) is 2. The third kappa shape index (κ3) is 3.67. The maximum Gasteiger partial charge on any atom is 0.0762 e. The van der Waals surface area contributed by atoms with Gasteiger partial charge < -0.3 is 5.32 Å². The lowest BCUT2D eigenvalue weighted by Crippen LogP contribution is -2.20. The molecule has 1 heterocycles. The van der Waals surface area contributed by atoms with E-state index in [4.69, 9.17) is 0 Å². The van der Waals surface area contributed by atoms with Crippen molar-refractivity contribution in [3.8, 4) is 0 Å². The summed E-state index contributed by atoms with van der Waals surface area (Å²) in [6.45, 7) is 7.30. The van der Waals surface area contributed by atoms with Crippen LogP contribution in [0.2, 0.25) is 0 Å². The molecule has 0 saturated carbocycles. The molecule has 102 valence electrons. The van der Waals surface area contributed by atoms with E-state index in [0.717, 1.165) is 18.7 Å². The van der Waals surface area contributed by atoms with Crippen LogP contribution in [-0.2, 0) is 6.54 Å². The number of hydrogen-bond donors (Lipinski definition) is 1. The van der Waals surface area contributed by atoms with Gasteiger partial charge in [-0.1, -0.05) is 37.3 Å².